The first-order chi connectivity index (χ1) is 7.29. The van der Waals surface area contributed by atoms with Crippen LogP contribution in [0.25, 0.3) is 0 Å². The fourth-order valence-corrected chi connectivity index (χ4v) is 1.36. The number of nitrogens with zero attached hydrogens (tertiary/aromatic N) is 2. The first-order valence-corrected chi connectivity index (χ1v) is 5.13. The number of hydrogen-bond donors (Lipinski definition) is 1. The van der Waals surface area contributed by atoms with Crippen LogP contribution < -0.4 is 5.73 Å². The molecule has 1 aromatic rings. The van der Waals surface area contributed by atoms with Crippen LogP contribution in [0.5, 0.6) is 0 Å². The van der Waals surface area contributed by atoms with E-state index in [0.717, 1.165) is 12.2 Å². The summed E-state index contributed by atoms with van der Waals surface area (Å²) in [5.41, 5.74) is 6.98. The van der Waals surface area contributed by atoms with Gasteiger partial charge in [0.15, 0.2) is 0 Å². The van der Waals surface area contributed by atoms with Gasteiger partial charge < -0.3 is 15.2 Å². The highest BCUT2D eigenvalue weighted by molar-refractivity contribution is 5.06. The third-order valence-electron chi connectivity index (χ3n) is 2.16. The van der Waals surface area contributed by atoms with Gasteiger partial charge in [0, 0.05) is 19.9 Å². The molecule has 0 aromatic carbocycles. The van der Waals surface area contributed by atoms with Crippen LogP contribution >= 0.6 is 0 Å². The lowest BCUT2D eigenvalue weighted by Gasteiger charge is -2.13. The topological polar surface area (TPSA) is 62.3 Å². The van der Waals surface area contributed by atoms with E-state index in [1.807, 2.05) is 17.7 Å². The van der Waals surface area contributed by atoms with Gasteiger partial charge in [0.25, 0.3) is 0 Å². The van der Waals surface area contributed by atoms with Crippen molar-refractivity contribution in [1.82, 2.24) is 9.78 Å². The van der Waals surface area contributed by atoms with E-state index < -0.39 is 0 Å². The molecule has 0 aliphatic heterocycles. The Morgan fingerprint density at radius 1 is 1.53 bits per heavy atom. The van der Waals surface area contributed by atoms with Crippen molar-refractivity contribution in [3.63, 3.8) is 0 Å². The van der Waals surface area contributed by atoms with E-state index in [0.29, 0.717) is 19.8 Å². The van der Waals surface area contributed by atoms with Crippen molar-refractivity contribution < 1.29 is 9.47 Å². The standard InChI is InChI=1S/C10H19N3O2/c1-3-13-10(4-5-12-13)9(11)8-15-7-6-14-2/h4-5,9H,3,6-8,11H2,1-2H3. The highest BCUT2D eigenvalue weighted by atomic mass is 16.5. The zero-order valence-corrected chi connectivity index (χ0v) is 9.35. The SMILES string of the molecule is CCn1nccc1C(N)COCCOC. The molecule has 0 aliphatic rings. The monoisotopic (exact) mass is 213 g/mol. The molecule has 1 rings (SSSR count). The zero-order valence-electron chi connectivity index (χ0n) is 9.35. The largest absolute Gasteiger partial charge is 0.382 e. The van der Waals surface area contributed by atoms with Gasteiger partial charge in [0.2, 0.25) is 0 Å². The van der Waals surface area contributed by atoms with Gasteiger partial charge >= 0.3 is 0 Å². The molecule has 5 heteroatoms. The average molecular weight is 213 g/mol. The van der Waals surface area contributed by atoms with Crippen molar-refractivity contribution in [3.8, 4) is 0 Å². The van der Waals surface area contributed by atoms with Crippen molar-refractivity contribution in [2.75, 3.05) is 26.9 Å². The summed E-state index contributed by atoms with van der Waals surface area (Å²) in [6, 6.07) is 1.80. The Hall–Kier alpha value is -0.910. The van der Waals surface area contributed by atoms with Crippen LogP contribution in [0, 0.1) is 0 Å². The molecular weight excluding hydrogens is 194 g/mol. The number of methoxy groups -OCH3 is 1. The summed E-state index contributed by atoms with van der Waals surface area (Å²) in [6.07, 6.45) is 1.76. The van der Waals surface area contributed by atoms with Gasteiger partial charge in [-0.1, -0.05) is 0 Å². The van der Waals surface area contributed by atoms with Crippen LogP contribution in [0.3, 0.4) is 0 Å². The van der Waals surface area contributed by atoms with E-state index in [2.05, 4.69) is 5.10 Å². The number of aryl methyl sites for hydroxylation is 1. The smallest absolute Gasteiger partial charge is 0.0704 e. The second-order valence-corrected chi connectivity index (χ2v) is 3.25. The molecular formula is C10H19N3O2. The molecule has 0 fully saturated rings. The van der Waals surface area contributed by atoms with Crippen molar-refractivity contribution >= 4 is 0 Å². The third kappa shape index (κ3) is 3.62. The molecule has 1 unspecified atom stereocenters. The average Bonchev–Trinajstić information content (AvgIpc) is 2.72. The quantitative estimate of drug-likeness (QED) is 0.672. The number of aromatic nitrogens is 2. The summed E-state index contributed by atoms with van der Waals surface area (Å²) in [6.45, 7) is 4.53. The fourth-order valence-electron chi connectivity index (χ4n) is 1.36. The van der Waals surface area contributed by atoms with Crippen LogP contribution in [0.4, 0.5) is 0 Å². The maximum atomic E-state index is 5.97. The highest BCUT2D eigenvalue weighted by Crippen LogP contribution is 2.09. The Bertz CT molecular complexity index is 275. The Labute approximate surface area is 90.2 Å². The predicted octanol–water partition coefficient (Wildman–Crippen LogP) is 0.566. The summed E-state index contributed by atoms with van der Waals surface area (Å²) >= 11 is 0. The van der Waals surface area contributed by atoms with Crippen LogP contribution in [-0.2, 0) is 16.0 Å². The molecule has 0 radical (unpaired) electrons. The Morgan fingerprint density at radius 2 is 2.33 bits per heavy atom. The summed E-state index contributed by atoms with van der Waals surface area (Å²) in [4.78, 5) is 0. The van der Waals surface area contributed by atoms with E-state index in [1.54, 1.807) is 13.3 Å². The lowest BCUT2D eigenvalue weighted by atomic mass is 10.2. The molecule has 0 amide bonds. The molecule has 0 bridgehead atoms. The van der Waals surface area contributed by atoms with Gasteiger partial charge in [0.1, 0.15) is 0 Å². The summed E-state index contributed by atoms with van der Waals surface area (Å²) in [5.74, 6) is 0. The maximum Gasteiger partial charge on any atom is 0.0704 e. The fraction of sp³-hybridized carbons (Fsp3) is 0.700. The Balaban J connectivity index is 2.36. The van der Waals surface area contributed by atoms with Gasteiger partial charge in [-0.2, -0.15) is 5.10 Å². The van der Waals surface area contributed by atoms with Gasteiger partial charge in [-0.25, -0.2) is 0 Å². The number of ether oxygens (including phenoxy) is 2. The second kappa shape index (κ2) is 6.55. The van der Waals surface area contributed by atoms with E-state index in [9.17, 15) is 0 Å². The Kier molecular flexibility index (Phi) is 5.31. The van der Waals surface area contributed by atoms with Crippen LogP contribution in [0.2, 0.25) is 0 Å². The summed E-state index contributed by atoms with van der Waals surface area (Å²) in [7, 11) is 1.65. The molecule has 0 aliphatic carbocycles. The van der Waals surface area contributed by atoms with Gasteiger partial charge in [-0.05, 0) is 13.0 Å². The van der Waals surface area contributed by atoms with E-state index in [4.69, 9.17) is 15.2 Å². The molecule has 1 aromatic heterocycles. The summed E-state index contributed by atoms with van der Waals surface area (Å²) < 4.78 is 12.1. The molecule has 0 saturated carbocycles. The first kappa shape index (κ1) is 12.2. The van der Waals surface area contributed by atoms with Gasteiger partial charge in [-0.3, -0.25) is 4.68 Å². The molecule has 1 heterocycles. The minimum atomic E-state index is -0.121. The van der Waals surface area contributed by atoms with Crippen LogP contribution in [0.15, 0.2) is 12.3 Å². The molecule has 86 valence electrons. The van der Waals surface area contributed by atoms with E-state index in [-0.39, 0.29) is 6.04 Å². The number of rotatable bonds is 7. The van der Waals surface area contributed by atoms with Gasteiger partial charge in [0.05, 0.1) is 31.6 Å². The highest BCUT2D eigenvalue weighted by Gasteiger charge is 2.10. The summed E-state index contributed by atoms with van der Waals surface area (Å²) in [5, 5.41) is 4.16. The Morgan fingerprint density at radius 3 is 3.00 bits per heavy atom. The molecule has 0 saturated heterocycles. The van der Waals surface area contributed by atoms with Gasteiger partial charge in [-0.15, -0.1) is 0 Å². The number of hydrogen-bond acceptors (Lipinski definition) is 4. The maximum absolute atomic E-state index is 5.97. The minimum absolute atomic E-state index is 0.121. The van der Waals surface area contributed by atoms with Crippen molar-refractivity contribution in [2.45, 2.75) is 19.5 Å². The molecule has 5 nitrogen and oxygen atoms in total. The number of nitrogens with two attached hydrogens (primary N) is 1. The lowest BCUT2D eigenvalue weighted by molar-refractivity contribution is 0.0626. The molecule has 2 N–H and O–H groups in total. The van der Waals surface area contributed by atoms with E-state index >= 15 is 0 Å². The second-order valence-electron chi connectivity index (χ2n) is 3.25. The predicted molar refractivity (Wildman–Crippen MR) is 57.5 cm³/mol. The zero-order chi connectivity index (χ0) is 11.1. The van der Waals surface area contributed by atoms with Crippen molar-refractivity contribution in [1.29, 1.82) is 0 Å². The third-order valence-corrected chi connectivity index (χ3v) is 2.16. The van der Waals surface area contributed by atoms with Crippen LogP contribution in [-0.4, -0.2) is 36.7 Å². The molecule has 15 heavy (non-hydrogen) atoms. The minimum Gasteiger partial charge on any atom is -0.382 e. The normalized spacial score (nSPS) is 13.0. The first-order valence-electron chi connectivity index (χ1n) is 5.13. The molecule has 0 spiro atoms. The molecule has 1 atom stereocenters. The lowest BCUT2D eigenvalue weighted by Crippen LogP contribution is -2.22. The van der Waals surface area contributed by atoms with Crippen molar-refractivity contribution in [3.05, 3.63) is 18.0 Å². The van der Waals surface area contributed by atoms with Crippen LogP contribution in [0.1, 0.15) is 18.7 Å². The van der Waals surface area contributed by atoms with Crippen molar-refractivity contribution in [2.24, 2.45) is 5.73 Å². The van der Waals surface area contributed by atoms with E-state index in [1.165, 1.54) is 0 Å².